The molecule has 1 fully saturated rings. The van der Waals surface area contributed by atoms with Crippen molar-refractivity contribution in [2.24, 2.45) is 0 Å². The summed E-state index contributed by atoms with van der Waals surface area (Å²) in [7, 11) is -3.43. The van der Waals surface area contributed by atoms with Crippen molar-refractivity contribution in [3.8, 4) is 0 Å². The molecular formula is C16H25BrN2O3S. The van der Waals surface area contributed by atoms with Gasteiger partial charge >= 0.3 is 0 Å². The van der Waals surface area contributed by atoms with Crippen LogP contribution in [0.5, 0.6) is 0 Å². The van der Waals surface area contributed by atoms with Crippen LogP contribution in [0.1, 0.15) is 33.6 Å². The van der Waals surface area contributed by atoms with E-state index in [-0.39, 0.29) is 5.60 Å². The van der Waals surface area contributed by atoms with Gasteiger partial charge in [-0.15, -0.1) is 0 Å². The van der Waals surface area contributed by atoms with Crippen LogP contribution in [0.4, 0.5) is 0 Å². The zero-order valence-corrected chi connectivity index (χ0v) is 16.3. The first kappa shape index (κ1) is 18.9. The van der Waals surface area contributed by atoms with E-state index in [1.54, 1.807) is 22.5 Å². The average molecular weight is 405 g/mol. The number of hydrogen-bond donors (Lipinski definition) is 1. The largest absolute Gasteiger partial charge is 0.361 e. The lowest BCUT2D eigenvalue weighted by molar-refractivity contribution is -0.0190. The Labute approximate surface area is 147 Å². The Balaban J connectivity index is 1.90. The zero-order chi connectivity index (χ0) is 17.1. The predicted octanol–water partition coefficient (Wildman–Crippen LogP) is 2.96. The van der Waals surface area contributed by atoms with Crippen LogP contribution in [0, 0.1) is 0 Å². The molecule has 1 aliphatic rings. The summed E-state index contributed by atoms with van der Waals surface area (Å²) in [6.45, 7) is 7.59. The van der Waals surface area contributed by atoms with Gasteiger partial charge in [-0.25, -0.2) is 8.42 Å². The monoisotopic (exact) mass is 404 g/mol. The fraction of sp³-hybridized carbons (Fsp3) is 0.625. The van der Waals surface area contributed by atoms with E-state index in [1.165, 1.54) is 0 Å². The van der Waals surface area contributed by atoms with E-state index in [9.17, 15) is 8.42 Å². The second-order valence-electron chi connectivity index (χ2n) is 6.71. The molecule has 0 spiro atoms. The summed E-state index contributed by atoms with van der Waals surface area (Å²) in [6, 6.07) is 7.25. The molecule has 130 valence electrons. The lowest BCUT2D eigenvalue weighted by Gasteiger charge is -2.32. The van der Waals surface area contributed by atoms with E-state index in [2.05, 4.69) is 21.2 Å². The molecule has 5 nitrogen and oxygen atoms in total. The smallest absolute Gasteiger partial charge is 0.244 e. The van der Waals surface area contributed by atoms with Crippen molar-refractivity contribution < 1.29 is 13.2 Å². The van der Waals surface area contributed by atoms with Gasteiger partial charge < -0.3 is 4.74 Å². The molecule has 1 heterocycles. The van der Waals surface area contributed by atoms with Gasteiger partial charge in [-0.05, 0) is 61.7 Å². The van der Waals surface area contributed by atoms with Gasteiger partial charge in [0.05, 0.1) is 17.2 Å². The Bertz CT molecular complexity index is 620. The third-order valence-electron chi connectivity index (χ3n) is 3.79. The number of halogens is 1. The van der Waals surface area contributed by atoms with Gasteiger partial charge in [0.15, 0.2) is 0 Å². The van der Waals surface area contributed by atoms with Crippen LogP contribution in [0.15, 0.2) is 33.6 Å². The highest BCUT2D eigenvalue weighted by atomic mass is 79.9. The average Bonchev–Trinajstić information content (AvgIpc) is 2.47. The number of benzene rings is 1. The van der Waals surface area contributed by atoms with Crippen LogP contribution in [-0.2, 0) is 14.8 Å². The molecule has 0 aromatic heterocycles. The van der Waals surface area contributed by atoms with E-state index in [4.69, 9.17) is 4.74 Å². The van der Waals surface area contributed by atoms with Crippen LogP contribution in [0.25, 0.3) is 0 Å². The number of piperidine rings is 1. The SMILES string of the molecule is CC(C)(C)OCNC1CCN(S(=O)(=O)c2ccccc2Br)CC1. The van der Waals surface area contributed by atoms with E-state index in [0.29, 0.717) is 35.2 Å². The van der Waals surface area contributed by atoms with Crippen molar-refractivity contribution in [1.82, 2.24) is 9.62 Å². The number of rotatable bonds is 5. The number of ether oxygens (including phenoxy) is 1. The second kappa shape index (κ2) is 7.61. The maximum absolute atomic E-state index is 12.7. The summed E-state index contributed by atoms with van der Waals surface area (Å²) in [4.78, 5) is 0.336. The molecule has 0 aliphatic carbocycles. The van der Waals surface area contributed by atoms with Crippen molar-refractivity contribution in [1.29, 1.82) is 0 Å². The first-order chi connectivity index (χ1) is 10.7. The molecular weight excluding hydrogens is 380 g/mol. The summed E-state index contributed by atoms with van der Waals surface area (Å²) in [5, 5.41) is 3.35. The van der Waals surface area contributed by atoms with Crippen LogP contribution < -0.4 is 5.32 Å². The highest BCUT2D eigenvalue weighted by Gasteiger charge is 2.30. The maximum atomic E-state index is 12.7. The Morgan fingerprint density at radius 3 is 2.43 bits per heavy atom. The van der Waals surface area contributed by atoms with E-state index >= 15 is 0 Å². The fourth-order valence-electron chi connectivity index (χ4n) is 2.47. The highest BCUT2D eigenvalue weighted by Crippen LogP contribution is 2.26. The molecule has 0 unspecified atom stereocenters. The van der Waals surface area contributed by atoms with Crippen LogP contribution in [0.2, 0.25) is 0 Å². The molecule has 0 radical (unpaired) electrons. The predicted molar refractivity (Wildman–Crippen MR) is 94.8 cm³/mol. The van der Waals surface area contributed by atoms with Crippen molar-refractivity contribution in [3.63, 3.8) is 0 Å². The van der Waals surface area contributed by atoms with E-state index in [1.807, 2.05) is 26.8 Å². The molecule has 0 amide bonds. The molecule has 23 heavy (non-hydrogen) atoms. The topological polar surface area (TPSA) is 58.6 Å². The van der Waals surface area contributed by atoms with E-state index < -0.39 is 10.0 Å². The van der Waals surface area contributed by atoms with Crippen molar-refractivity contribution in [2.75, 3.05) is 19.8 Å². The Hall–Kier alpha value is -0.470. The molecule has 0 bridgehead atoms. The molecule has 1 aliphatic heterocycles. The summed E-state index contributed by atoms with van der Waals surface area (Å²) in [6.07, 6.45) is 1.58. The Morgan fingerprint density at radius 1 is 1.26 bits per heavy atom. The minimum Gasteiger partial charge on any atom is -0.361 e. The van der Waals surface area contributed by atoms with Gasteiger partial charge in [0.1, 0.15) is 0 Å². The molecule has 7 heteroatoms. The van der Waals surface area contributed by atoms with Crippen LogP contribution in [-0.4, -0.2) is 44.2 Å². The molecule has 1 aromatic carbocycles. The quantitative estimate of drug-likeness (QED) is 0.766. The second-order valence-corrected chi connectivity index (χ2v) is 9.47. The van der Waals surface area contributed by atoms with Gasteiger partial charge in [0, 0.05) is 23.6 Å². The van der Waals surface area contributed by atoms with E-state index in [0.717, 1.165) is 12.8 Å². The first-order valence-corrected chi connectivity index (χ1v) is 10.1. The van der Waals surface area contributed by atoms with Crippen LogP contribution in [0.3, 0.4) is 0 Å². The maximum Gasteiger partial charge on any atom is 0.244 e. The first-order valence-electron chi connectivity index (χ1n) is 7.82. The van der Waals surface area contributed by atoms with Crippen molar-refractivity contribution >= 4 is 26.0 Å². The molecule has 2 rings (SSSR count). The van der Waals surface area contributed by atoms with Gasteiger partial charge in [0.2, 0.25) is 10.0 Å². The number of hydrogen-bond acceptors (Lipinski definition) is 4. The number of sulfonamides is 1. The molecule has 0 saturated carbocycles. The lowest BCUT2D eigenvalue weighted by atomic mass is 10.1. The van der Waals surface area contributed by atoms with Crippen molar-refractivity contribution in [2.45, 2.75) is 50.2 Å². The fourth-order valence-corrected chi connectivity index (χ4v) is 4.90. The minimum atomic E-state index is -3.43. The number of nitrogens with one attached hydrogen (secondary N) is 1. The minimum absolute atomic E-state index is 0.170. The molecule has 0 atom stereocenters. The summed E-state index contributed by atoms with van der Waals surface area (Å²) in [5.74, 6) is 0. The molecule has 1 saturated heterocycles. The molecule has 1 N–H and O–H groups in total. The third-order valence-corrected chi connectivity index (χ3v) is 6.70. The van der Waals surface area contributed by atoms with Crippen LogP contribution >= 0.6 is 15.9 Å². The van der Waals surface area contributed by atoms with Crippen molar-refractivity contribution in [3.05, 3.63) is 28.7 Å². The summed E-state index contributed by atoms with van der Waals surface area (Å²) < 4.78 is 33.3. The number of nitrogens with zero attached hydrogens (tertiary/aromatic N) is 1. The standard InChI is InChI=1S/C16H25BrN2O3S/c1-16(2,3)22-12-18-13-8-10-19(11-9-13)23(20,21)15-7-5-4-6-14(15)17/h4-7,13,18H,8-12H2,1-3H3. The Morgan fingerprint density at radius 2 is 1.87 bits per heavy atom. The Kier molecular flexibility index (Phi) is 6.24. The summed E-state index contributed by atoms with van der Waals surface area (Å²) >= 11 is 3.33. The zero-order valence-electron chi connectivity index (χ0n) is 13.9. The lowest BCUT2D eigenvalue weighted by Crippen LogP contribution is -2.46. The van der Waals surface area contributed by atoms with Gasteiger partial charge in [-0.1, -0.05) is 12.1 Å². The highest BCUT2D eigenvalue weighted by molar-refractivity contribution is 9.10. The third kappa shape index (κ3) is 5.26. The van der Waals surface area contributed by atoms with Gasteiger partial charge in [-0.3, -0.25) is 5.32 Å². The van der Waals surface area contributed by atoms with Gasteiger partial charge in [-0.2, -0.15) is 4.31 Å². The van der Waals surface area contributed by atoms with Gasteiger partial charge in [0.25, 0.3) is 0 Å². The summed E-state index contributed by atoms with van der Waals surface area (Å²) in [5.41, 5.74) is -0.170. The molecule has 1 aromatic rings. The normalized spacial score (nSPS) is 18.3.